The van der Waals surface area contributed by atoms with Gasteiger partial charge in [-0.05, 0) is 24.6 Å². The van der Waals surface area contributed by atoms with Crippen LogP contribution >= 0.6 is 12.2 Å². The molecule has 19 heavy (non-hydrogen) atoms. The Morgan fingerprint density at radius 3 is 2.95 bits per heavy atom. The van der Waals surface area contributed by atoms with Gasteiger partial charge in [0.05, 0.1) is 5.56 Å². The van der Waals surface area contributed by atoms with Gasteiger partial charge in [-0.1, -0.05) is 18.3 Å². The second-order valence-corrected chi connectivity index (χ2v) is 4.62. The van der Waals surface area contributed by atoms with Crippen molar-refractivity contribution in [1.29, 1.82) is 0 Å². The molecule has 0 atom stereocenters. The molecular formula is C13H11N5S. The number of hydrogen-bond acceptors (Lipinski definition) is 4. The molecule has 3 aromatic heterocycles. The monoisotopic (exact) mass is 269 g/mol. The van der Waals surface area contributed by atoms with Gasteiger partial charge in [0, 0.05) is 23.7 Å². The van der Waals surface area contributed by atoms with E-state index in [9.17, 15) is 0 Å². The molecule has 3 rings (SSSR count). The fourth-order valence-electron chi connectivity index (χ4n) is 2.13. The summed E-state index contributed by atoms with van der Waals surface area (Å²) in [5.74, 6) is 0. The van der Waals surface area contributed by atoms with Crippen molar-refractivity contribution < 1.29 is 0 Å². The number of nitrogens with two attached hydrogens (primary N) is 1. The van der Waals surface area contributed by atoms with E-state index in [0.29, 0.717) is 10.6 Å². The van der Waals surface area contributed by atoms with Crippen LogP contribution in [0.5, 0.6) is 0 Å². The minimum absolute atomic E-state index is 0.303. The van der Waals surface area contributed by atoms with Gasteiger partial charge in [0.25, 0.3) is 0 Å². The first kappa shape index (κ1) is 11.7. The SMILES string of the molecule is Cc1cc(-c2cccnc2)c(C(N)=S)c2ncnn12. The topological polar surface area (TPSA) is 69.1 Å². The van der Waals surface area contributed by atoms with Crippen molar-refractivity contribution in [3.8, 4) is 11.1 Å². The minimum atomic E-state index is 0.303. The summed E-state index contributed by atoms with van der Waals surface area (Å²) in [6.45, 7) is 1.96. The largest absolute Gasteiger partial charge is 0.389 e. The molecule has 0 saturated carbocycles. The predicted octanol–water partition coefficient (Wildman–Crippen LogP) is 1.73. The van der Waals surface area contributed by atoms with Crippen LogP contribution in [0.25, 0.3) is 16.8 Å². The molecule has 0 amide bonds. The Balaban J connectivity index is 2.41. The van der Waals surface area contributed by atoms with Crippen molar-refractivity contribution in [1.82, 2.24) is 19.6 Å². The summed E-state index contributed by atoms with van der Waals surface area (Å²) in [6.07, 6.45) is 5.01. The van der Waals surface area contributed by atoms with Crippen molar-refractivity contribution in [2.45, 2.75) is 6.92 Å². The molecule has 3 heterocycles. The van der Waals surface area contributed by atoms with Gasteiger partial charge in [-0.15, -0.1) is 0 Å². The third kappa shape index (κ3) is 1.86. The highest BCUT2D eigenvalue weighted by Gasteiger charge is 2.16. The highest BCUT2D eigenvalue weighted by Crippen LogP contribution is 2.26. The fraction of sp³-hybridized carbons (Fsp3) is 0.0769. The van der Waals surface area contributed by atoms with Crippen LogP contribution in [0.4, 0.5) is 0 Å². The van der Waals surface area contributed by atoms with Gasteiger partial charge < -0.3 is 5.73 Å². The van der Waals surface area contributed by atoms with Gasteiger partial charge in [-0.2, -0.15) is 5.10 Å². The molecule has 0 spiro atoms. The van der Waals surface area contributed by atoms with E-state index in [2.05, 4.69) is 15.1 Å². The maximum absolute atomic E-state index is 5.86. The molecule has 2 N–H and O–H groups in total. The molecule has 0 aliphatic heterocycles. The standard InChI is InChI=1S/C13H11N5S/c1-8-5-10(9-3-2-4-15-6-9)11(12(14)19)13-16-7-17-18(8)13/h2-7H,1H3,(H2,14,19). The van der Waals surface area contributed by atoms with E-state index >= 15 is 0 Å². The zero-order chi connectivity index (χ0) is 13.4. The van der Waals surface area contributed by atoms with E-state index in [1.165, 1.54) is 6.33 Å². The van der Waals surface area contributed by atoms with Gasteiger partial charge >= 0.3 is 0 Å². The quantitative estimate of drug-likeness (QED) is 0.718. The second kappa shape index (κ2) is 4.40. The molecule has 0 aromatic carbocycles. The van der Waals surface area contributed by atoms with Crippen molar-refractivity contribution in [2.75, 3.05) is 0 Å². The molecule has 0 saturated heterocycles. The number of thiocarbonyl (C=S) groups is 1. The van der Waals surface area contributed by atoms with Crippen LogP contribution in [0.2, 0.25) is 0 Å². The van der Waals surface area contributed by atoms with E-state index in [1.807, 2.05) is 25.1 Å². The highest BCUT2D eigenvalue weighted by molar-refractivity contribution is 7.80. The van der Waals surface area contributed by atoms with Gasteiger partial charge in [0.1, 0.15) is 11.3 Å². The Morgan fingerprint density at radius 1 is 1.42 bits per heavy atom. The van der Waals surface area contributed by atoms with Crippen LogP contribution in [0.15, 0.2) is 36.9 Å². The van der Waals surface area contributed by atoms with Crippen LogP contribution in [0.1, 0.15) is 11.3 Å². The third-order valence-corrected chi connectivity index (χ3v) is 3.15. The Bertz CT molecular complexity index is 763. The molecule has 3 aromatic rings. The van der Waals surface area contributed by atoms with E-state index in [4.69, 9.17) is 18.0 Å². The normalized spacial score (nSPS) is 10.8. The van der Waals surface area contributed by atoms with Gasteiger partial charge in [-0.3, -0.25) is 4.98 Å². The van der Waals surface area contributed by atoms with Crippen LogP contribution in [0.3, 0.4) is 0 Å². The summed E-state index contributed by atoms with van der Waals surface area (Å²) in [5.41, 5.74) is 10.1. The van der Waals surface area contributed by atoms with Gasteiger partial charge in [0.2, 0.25) is 0 Å². The average Bonchev–Trinajstić information content (AvgIpc) is 2.88. The molecule has 0 unspecified atom stereocenters. The lowest BCUT2D eigenvalue weighted by Crippen LogP contribution is -2.14. The van der Waals surface area contributed by atoms with Crippen molar-refractivity contribution in [2.24, 2.45) is 5.73 Å². The summed E-state index contributed by atoms with van der Waals surface area (Å²) < 4.78 is 1.73. The molecule has 0 aliphatic rings. The zero-order valence-electron chi connectivity index (χ0n) is 10.2. The van der Waals surface area contributed by atoms with Crippen LogP contribution in [-0.2, 0) is 0 Å². The van der Waals surface area contributed by atoms with Crippen molar-refractivity contribution in [3.63, 3.8) is 0 Å². The lowest BCUT2D eigenvalue weighted by Gasteiger charge is -2.11. The number of aryl methyl sites for hydroxylation is 1. The second-order valence-electron chi connectivity index (χ2n) is 4.18. The number of hydrogen-bond donors (Lipinski definition) is 1. The number of fused-ring (bicyclic) bond motifs is 1. The van der Waals surface area contributed by atoms with Crippen LogP contribution < -0.4 is 5.73 Å². The van der Waals surface area contributed by atoms with Gasteiger partial charge in [0.15, 0.2) is 5.65 Å². The molecule has 5 nitrogen and oxygen atoms in total. The lowest BCUT2D eigenvalue weighted by atomic mass is 10.0. The molecule has 0 radical (unpaired) electrons. The van der Waals surface area contributed by atoms with E-state index in [-0.39, 0.29) is 0 Å². The Kier molecular flexibility index (Phi) is 2.72. The third-order valence-electron chi connectivity index (χ3n) is 2.95. The van der Waals surface area contributed by atoms with E-state index in [1.54, 1.807) is 16.9 Å². The minimum Gasteiger partial charge on any atom is -0.389 e. The van der Waals surface area contributed by atoms with Crippen LogP contribution in [0, 0.1) is 6.92 Å². The van der Waals surface area contributed by atoms with Gasteiger partial charge in [-0.25, -0.2) is 9.50 Å². The smallest absolute Gasteiger partial charge is 0.166 e. The first-order chi connectivity index (χ1) is 9.18. The number of aromatic nitrogens is 4. The van der Waals surface area contributed by atoms with E-state index < -0.39 is 0 Å². The molecule has 94 valence electrons. The summed E-state index contributed by atoms with van der Waals surface area (Å²) >= 11 is 5.16. The molecule has 0 bridgehead atoms. The molecule has 6 heteroatoms. The molecular weight excluding hydrogens is 258 g/mol. The zero-order valence-corrected chi connectivity index (χ0v) is 11.1. The number of nitrogens with zero attached hydrogens (tertiary/aromatic N) is 4. The maximum atomic E-state index is 5.86. The Labute approximate surface area is 115 Å². The van der Waals surface area contributed by atoms with Crippen LogP contribution in [-0.4, -0.2) is 24.6 Å². The summed E-state index contributed by atoms with van der Waals surface area (Å²) in [7, 11) is 0. The Hall–Kier alpha value is -2.34. The highest BCUT2D eigenvalue weighted by atomic mass is 32.1. The van der Waals surface area contributed by atoms with Crippen molar-refractivity contribution >= 4 is 22.9 Å². The first-order valence-corrected chi connectivity index (χ1v) is 6.13. The lowest BCUT2D eigenvalue weighted by molar-refractivity contribution is 0.914. The number of rotatable bonds is 2. The maximum Gasteiger partial charge on any atom is 0.166 e. The predicted molar refractivity (Wildman–Crippen MR) is 76.8 cm³/mol. The molecule has 0 aliphatic carbocycles. The average molecular weight is 269 g/mol. The van der Waals surface area contributed by atoms with Crippen molar-refractivity contribution in [3.05, 3.63) is 48.2 Å². The fourth-order valence-corrected chi connectivity index (χ4v) is 2.33. The number of pyridine rings is 2. The summed E-state index contributed by atoms with van der Waals surface area (Å²) in [5, 5.41) is 4.17. The first-order valence-electron chi connectivity index (χ1n) is 5.72. The summed E-state index contributed by atoms with van der Waals surface area (Å²) in [6, 6.07) is 5.84. The Morgan fingerprint density at radius 2 is 2.26 bits per heavy atom. The molecule has 0 fully saturated rings. The van der Waals surface area contributed by atoms with E-state index in [0.717, 1.165) is 22.4 Å². The summed E-state index contributed by atoms with van der Waals surface area (Å²) in [4.78, 5) is 8.69.